The second-order valence-electron chi connectivity index (χ2n) is 7.29. The number of carbonyl (C=O) groups excluding carboxylic acids is 1. The number of rotatable bonds is 6. The molecule has 0 atom stereocenters. The van der Waals surface area contributed by atoms with Crippen LogP contribution < -0.4 is 15.5 Å². The molecule has 1 fully saturated rings. The summed E-state index contributed by atoms with van der Waals surface area (Å²) in [5.41, 5.74) is 2.64. The van der Waals surface area contributed by atoms with E-state index in [4.69, 9.17) is 4.99 Å². The molecule has 1 aliphatic heterocycles. The number of anilines is 2. The Morgan fingerprint density at radius 3 is 2.40 bits per heavy atom. The maximum absolute atomic E-state index is 14.1. The van der Waals surface area contributed by atoms with Gasteiger partial charge in [-0.1, -0.05) is 24.3 Å². The Hall–Kier alpha value is -3.09. The van der Waals surface area contributed by atoms with Crippen molar-refractivity contribution >= 4 is 23.2 Å². The monoisotopic (exact) mass is 411 g/mol. The van der Waals surface area contributed by atoms with Gasteiger partial charge in [0.25, 0.3) is 0 Å². The molecule has 2 N–H and O–H groups in total. The molecule has 0 aromatic heterocycles. The first kappa shape index (κ1) is 21.6. The van der Waals surface area contributed by atoms with E-state index in [0.29, 0.717) is 12.2 Å². The Balaban J connectivity index is 1.54. The molecule has 1 heterocycles. The van der Waals surface area contributed by atoms with Crippen molar-refractivity contribution in [2.24, 2.45) is 4.99 Å². The molecule has 1 amide bonds. The van der Waals surface area contributed by atoms with Gasteiger partial charge in [-0.05, 0) is 43.2 Å². The lowest BCUT2D eigenvalue weighted by Gasteiger charge is -2.37. The zero-order valence-electron chi connectivity index (χ0n) is 17.7. The van der Waals surface area contributed by atoms with Gasteiger partial charge in [0.2, 0.25) is 5.91 Å². The normalized spacial score (nSPS) is 14.6. The maximum Gasteiger partial charge on any atom is 0.221 e. The minimum Gasteiger partial charge on any atom is -0.366 e. The van der Waals surface area contributed by atoms with Crippen molar-refractivity contribution in [2.75, 3.05) is 49.5 Å². The molecular weight excluding hydrogens is 381 g/mol. The van der Waals surface area contributed by atoms with Crippen LogP contribution in [-0.4, -0.2) is 56.0 Å². The molecular formula is C23H30FN5O. The first-order valence-electron chi connectivity index (χ1n) is 10.5. The van der Waals surface area contributed by atoms with Gasteiger partial charge in [-0.15, -0.1) is 0 Å². The van der Waals surface area contributed by atoms with Gasteiger partial charge in [0, 0.05) is 51.9 Å². The van der Waals surface area contributed by atoms with Crippen molar-refractivity contribution in [1.29, 1.82) is 0 Å². The third-order valence-electron chi connectivity index (χ3n) is 5.04. The number of nitrogens with one attached hydrogen (secondary N) is 2. The Labute approximate surface area is 177 Å². The summed E-state index contributed by atoms with van der Waals surface area (Å²) in [7, 11) is 0. The highest BCUT2D eigenvalue weighted by atomic mass is 19.1. The van der Waals surface area contributed by atoms with Gasteiger partial charge < -0.3 is 20.4 Å². The number of aliphatic imine (C=N–C) groups is 1. The number of nitrogens with zero attached hydrogens (tertiary/aromatic N) is 3. The third kappa shape index (κ3) is 5.95. The highest BCUT2D eigenvalue weighted by molar-refractivity contribution is 5.88. The van der Waals surface area contributed by atoms with Gasteiger partial charge in [0.05, 0.1) is 5.69 Å². The summed E-state index contributed by atoms with van der Waals surface area (Å²) in [6.45, 7) is 8.16. The van der Waals surface area contributed by atoms with E-state index in [1.165, 1.54) is 18.6 Å². The van der Waals surface area contributed by atoms with Crippen LogP contribution in [0.2, 0.25) is 0 Å². The van der Waals surface area contributed by atoms with Crippen molar-refractivity contribution in [3.05, 3.63) is 59.9 Å². The number of amides is 1. The van der Waals surface area contributed by atoms with Crippen LogP contribution in [0.15, 0.2) is 53.5 Å². The number of para-hydroxylation sites is 1. The molecule has 2 aromatic rings. The number of halogens is 1. The number of piperazine rings is 1. The summed E-state index contributed by atoms with van der Waals surface area (Å²) in [6, 6.07) is 14.8. The largest absolute Gasteiger partial charge is 0.366 e. The Bertz CT molecular complexity index is 860. The molecule has 0 aliphatic carbocycles. The second kappa shape index (κ2) is 10.6. The van der Waals surface area contributed by atoms with E-state index in [1.54, 1.807) is 6.07 Å². The molecule has 1 saturated heterocycles. The number of benzene rings is 2. The molecule has 1 aliphatic rings. The Morgan fingerprint density at radius 2 is 1.77 bits per heavy atom. The van der Waals surface area contributed by atoms with Crippen molar-refractivity contribution in [3.8, 4) is 0 Å². The number of hydrogen-bond acceptors (Lipinski definition) is 3. The quantitative estimate of drug-likeness (QED) is 0.567. The predicted octanol–water partition coefficient (Wildman–Crippen LogP) is 3.11. The van der Waals surface area contributed by atoms with Crippen molar-refractivity contribution in [2.45, 2.75) is 20.3 Å². The van der Waals surface area contributed by atoms with Gasteiger partial charge in [0.1, 0.15) is 5.82 Å². The molecule has 2 aromatic carbocycles. The molecule has 0 unspecified atom stereocenters. The molecule has 6 nitrogen and oxygen atoms in total. The summed E-state index contributed by atoms with van der Waals surface area (Å²) in [4.78, 5) is 20.2. The summed E-state index contributed by atoms with van der Waals surface area (Å²) < 4.78 is 14.1. The first-order chi connectivity index (χ1) is 14.6. The SMILES string of the molecule is CCNC(=NCCc1ccc(NC(C)=O)cc1)N1CCN(c2ccccc2F)CC1. The van der Waals surface area contributed by atoms with E-state index in [9.17, 15) is 9.18 Å². The average molecular weight is 412 g/mol. The fourth-order valence-corrected chi connectivity index (χ4v) is 3.54. The highest BCUT2D eigenvalue weighted by Gasteiger charge is 2.21. The average Bonchev–Trinajstić information content (AvgIpc) is 2.74. The number of guanidine groups is 1. The molecule has 30 heavy (non-hydrogen) atoms. The lowest BCUT2D eigenvalue weighted by molar-refractivity contribution is -0.114. The van der Waals surface area contributed by atoms with E-state index in [0.717, 1.165) is 50.8 Å². The van der Waals surface area contributed by atoms with E-state index >= 15 is 0 Å². The van der Waals surface area contributed by atoms with E-state index in [1.807, 2.05) is 36.4 Å². The van der Waals surface area contributed by atoms with Crippen LogP contribution in [0.1, 0.15) is 19.4 Å². The van der Waals surface area contributed by atoms with E-state index in [-0.39, 0.29) is 11.7 Å². The van der Waals surface area contributed by atoms with Crippen molar-refractivity contribution < 1.29 is 9.18 Å². The van der Waals surface area contributed by atoms with Gasteiger partial charge in [-0.2, -0.15) is 0 Å². The summed E-state index contributed by atoms with van der Waals surface area (Å²) >= 11 is 0. The first-order valence-corrected chi connectivity index (χ1v) is 10.5. The maximum atomic E-state index is 14.1. The van der Waals surface area contributed by atoms with Crippen molar-refractivity contribution in [1.82, 2.24) is 10.2 Å². The highest BCUT2D eigenvalue weighted by Crippen LogP contribution is 2.20. The zero-order valence-corrected chi connectivity index (χ0v) is 17.7. The lowest BCUT2D eigenvalue weighted by Crippen LogP contribution is -2.52. The van der Waals surface area contributed by atoms with Gasteiger partial charge in [-0.25, -0.2) is 4.39 Å². The van der Waals surface area contributed by atoms with Crippen LogP contribution in [0.5, 0.6) is 0 Å². The molecule has 0 bridgehead atoms. The smallest absolute Gasteiger partial charge is 0.221 e. The molecule has 0 spiro atoms. The minimum atomic E-state index is -0.170. The number of hydrogen-bond donors (Lipinski definition) is 2. The fourth-order valence-electron chi connectivity index (χ4n) is 3.54. The van der Waals surface area contributed by atoms with Crippen LogP contribution in [0.4, 0.5) is 15.8 Å². The predicted molar refractivity (Wildman–Crippen MR) is 121 cm³/mol. The molecule has 0 radical (unpaired) electrons. The minimum absolute atomic E-state index is 0.0715. The van der Waals surface area contributed by atoms with Gasteiger partial charge in [0.15, 0.2) is 5.96 Å². The van der Waals surface area contributed by atoms with E-state index < -0.39 is 0 Å². The van der Waals surface area contributed by atoms with Crippen LogP contribution in [-0.2, 0) is 11.2 Å². The Kier molecular flexibility index (Phi) is 7.65. The van der Waals surface area contributed by atoms with E-state index in [2.05, 4.69) is 27.4 Å². The number of carbonyl (C=O) groups is 1. The fraction of sp³-hybridized carbons (Fsp3) is 0.391. The van der Waals surface area contributed by atoms with Crippen LogP contribution in [0, 0.1) is 5.82 Å². The zero-order chi connectivity index (χ0) is 21.3. The molecule has 3 rings (SSSR count). The van der Waals surface area contributed by atoms with Crippen LogP contribution in [0.3, 0.4) is 0 Å². The molecule has 7 heteroatoms. The van der Waals surface area contributed by atoms with Gasteiger partial charge >= 0.3 is 0 Å². The summed E-state index contributed by atoms with van der Waals surface area (Å²) in [5.74, 6) is 0.661. The standard InChI is InChI=1S/C23H30FN5O/c1-3-25-23(26-13-12-19-8-10-20(11-9-19)27-18(2)30)29-16-14-28(15-17-29)22-7-5-4-6-21(22)24/h4-11H,3,12-17H2,1-2H3,(H,25,26)(H,27,30). The topological polar surface area (TPSA) is 60.0 Å². The lowest BCUT2D eigenvalue weighted by atomic mass is 10.1. The summed E-state index contributed by atoms with van der Waals surface area (Å²) in [6.07, 6.45) is 0.824. The van der Waals surface area contributed by atoms with Gasteiger partial charge in [-0.3, -0.25) is 9.79 Å². The molecule has 160 valence electrons. The van der Waals surface area contributed by atoms with Crippen LogP contribution >= 0.6 is 0 Å². The summed E-state index contributed by atoms with van der Waals surface area (Å²) in [5, 5.41) is 6.15. The van der Waals surface area contributed by atoms with Crippen molar-refractivity contribution in [3.63, 3.8) is 0 Å². The van der Waals surface area contributed by atoms with Crippen LogP contribution in [0.25, 0.3) is 0 Å². The Morgan fingerprint density at radius 1 is 1.07 bits per heavy atom. The third-order valence-corrected chi connectivity index (χ3v) is 5.04. The molecule has 0 saturated carbocycles. The second-order valence-corrected chi connectivity index (χ2v) is 7.29.